The Morgan fingerprint density at radius 1 is 1.00 bits per heavy atom. The molecule has 1 nitrogen and oxygen atoms in total. The molecular formula is C11H9O-. The second kappa shape index (κ2) is 2.86. The van der Waals surface area contributed by atoms with E-state index in [0.29, 0.717) is 0 Å². The molecule has 2 aliphatic carbocycles. The Kier molecular flexibility index (Phi) is 1.71. The second-order valence-corrected chi connectivity index (χ2v) is 2.83. The van der Waals surface area contributed by atoms with Crippen molar-refractivity contribution in [2.75, 3.05) is 0 Å². The molecule has 0 bridgehead atoms. The smallest absolute Gasteiger partial charge is 0.00683 e. The van der Waals surface area contributed by atoms with E-state index in [9.17, 15) is 5.11 Å². The van der Waals surface area contributed by atoms with Crippen molar-refractivity contribution >= 4 is 0 Å². The summed E-state index contributed by atoms with van der Waals surface area (Å²) in [6, 6.07) is 0. The zero-order chi connectivity index (χ0) is 8.39. The van der Waals surface area contributed by atoms with Crippen LogP contribution in [-0.2, 0) is 0 Å². The van der Waals surface area contributed by atoms with Crippen LogP contribution in [0.1, 0.15) is 0 Å². The van der Waals surface area contributed by atoms with Crippen LogP contribution in [0.4, 0.5) is 0 Å². The Hall–Kier alpha value is -1.50. The van der Waals surface area contributed by atoms with Crippen molar-refractivity contribution in [3.8, 4) is 0 Å². The largest absolute Gasteiger partial charge is 0.874 e. The molecule has 0 unspecified atom stereocenters. The van der Waals surface area contributed by atoms with Gasteiger partial charge in [0.2, 0.25) is 0 Å². The van der Waals surface area contributed by atoms with E-state index in [-0.39, 0.29) is 11.7 Å². The first-order chi connectivity index (χ1) is 5.88. The topological polar surface area (TPSA) is 23.1 Å². The highest BCUT2D eigenvalue weighted by Crippen LogP contribution is 2.20. The molecule has 60 valence electrons. The Bertz CT molecular complexity index is 301. The summed E-state index contributed by atoms with van der Waals surface area (Å²) >= 11 is 0. The molecule has 0 amide bonds. The van der Waals surface area contributed by atoms with Crippen molar-refractivity contribution in [3.05, 3.63) is 59.9 Å². The monoisotopic (exact) mass is 157 g/mol. The fourth-order valence-electron chi connectivity index (χ4n) is 1.34. The van der Waals surface area contributed by atoms with Gasteiger partial charge in [-0.1, -0.05) is 48.6 Å². The number of hydrogen-bond acceptors (Lipinski definition) is 1. The highest BCUT2D eigenvalue weighted by atomic mass is 16.3. The highest BCUT2D eigenvalue weighted by molar-refractivity contribution is 5.44. The summed E-state index contributed by atoms with van der Waals surface area (Å²) in [5.41, 5.74) is 0.802. The van der Waals surface area contributed by atoms with Crippen LogP contribution in [0.15, 0.2) is 59.9 Å². The Balaban J connectivity index is 2.28. The Morgan fingerprint density at radius 3 is 2.17 bits per heavy atom. The van der Waals surface area contributed by atoms with Gasteiger partial charge in [-0.15, -0.1) is 5.76 Å². The van der Waals surface area contributed by atoms with Gasteiger partial charge in [-0.2, -0.15) is 0 Å². The lowest BCUT2D eigenvalue weighted by molar-refractivity contribution is -0.310. The van der Waals surface area contributed by atoms with E-state index in [1.165, 1.54) is 0 Å². The molecule has 0 aromatic heterocycles. The maximum Gasteiger partial charge on any atom is 0.00683 e. The van der Waals surface area contributed by atoms with Crippen LogP contribution < -0.4 is 5.11 Å². The average Bonchev–Trinajstić information content (AvgIpc) is 2.77. The van der Waals surface area contributed by atoms with Crippen LogP contribution in [-0.4, -0.2) is 0 Å². The lowest BCUT2D eigenvalue weighted by atomic mass is 10.1. The van der Waals surface area contributed by atoms with Gasteiger partial charge < -0.3 is 5.11 Å². The molecule has 12 heavy (non-hydrogen) atoms. The fourth-order valence-corrected chi connectivity index (χ4v) is 1.34. The lowest BCUT2D eigenvalue weighted by Crippen LogP contribution is -2.13. The molecule has 2 aliphatic rings. The van der Waals surface area contributed by atoms with E-state index >= 15 is 0 Å². The lowest BCUT2D eigenvalue weighted by Gasteiger charge is -2.18. The zero-order valence-electron chi connectivity index (χ0n) is 6.60. The molecule has 0 saturated carbocycles. The van der Waals surface area contributed by atoms with Crippen molar-refractivity contribution in [2.24, 2.45) is 5.92 Å². The summed E-state index contributed by atoms with van der Waals surface area (Å²) in [6.45, 7) is 0. The third-order valence-corrected chi connectivity index (χ3v) is 2.00. The van der Waals surface area contributed by atoms with Crippen LogP contribution in [0.3, 0.4) is 0 Å². The summed E-state index contributed by atoms with van der Waals surface area (Å²) < 4.78 is 0. The predicted molar refractivity (Wildman–Crippen MR) is 47.1 cm³/mol. The molecule has 0 atom stereocenters. The molecule has 2 rings (SSSR count). The van der Waals surface area contributed by atoms with Crippen LogP contribution in [0.25, 0.3) is 0 Å². The molecule has 0 spiro atoms. The normalized spacial score (nSPS) is 19.8. The zero-order valence-corrected chi connectivity index (χ0v) is 6.60. The predicted octanol–water partition coefficient (Wildman–Crippen LogP) is 1.47. The molecule has 1 heteroatoms. The number of hydrogen-bond donors (Lipinski definition) is 0. The minimum Gasteiger partial charge on any atom is -0.874 e. The Labute approximate surface area is 71.7 Å². The minimum atomic E-state index is -0.0348. The number of allylic oxidation sites excluding steroid dienone is 8. The second-order valence-electron chi connectivity index (χ2n) is 2.83. The maximum absolute atomic E-state index is 11.6. The fraction of sp³-hybridized carbons (Fsp3) is 0.0909. The molecular weight excluding hydrogens is 148 g/mol. The molecule has 0 heterocycles. The van der Waals surface area contributed by atoms with Crippen molar-refractivity contribution in [3.63, 3.8) is 0 Å². The molecule has 0 aliphatic heterocycles. The van der Waals surface area contributed by atoms with Crippen molar-refractivity contribution in [1.29, 1.82) is 0 Å². The first kappa shape index (κ1) is 7.17. The summed E-state index contributed by atoms with van der Waals surface area (Å²) in [5, 5.41) is 11.6. The molecule has 0 fully saturated rings. The van der Waals surface area contributed by atoms with E-state index in [2.05, 4.69) is 0 Å². The number of rotatable bonds is 1. The van der Waals surface area contributed by atoms with Gasteiger partial charge >= 0.3 is 0 Å². The van der Waals surface area contributed by atoms with Gasteiger partial charge in [-0.25, -0.2) is 0 Å². The molecule has 0 radical (unpaired) electrons. The van der Waals surface area contributed by atoms with Gasteiger partial charge in [0.15, 0.2) is 0 Å². The third kappa shape index (κ3) is 1.14. The van der Waals surface area contributed by atoms with Crippen LogP contribution in [0.5, 0.6) is 0 Å². The van der Waals surface area contributed by atoms with Crippen LogP contribution in [0.2, 0.25) is 0 Å². The SMILES string of the molecule is [O-]C(=C1C=CC=C1)C1C=CC=C1. The van der Waals surface area contributed by atoms with E-state index in [1.807, 2.05) is 48.6 Å². The summed E-state index contributed by atoms with van der Waals surface area (Å²) in [5.74, 6) is 0.150. The van der Waals surface area contributed by atoms with Crippen LogP contribution in [0, 0.1) is 5.92 Å². The van der Waals surface area contributed by atoms with E-state index in [0.717, 1.165) is 5.57 Å². The third-order valence-electron chi connectivity index (χ3n) is 2.00. The molecule has 0 aromatic rings. The maximum atomic E-state index is 11.6. The summed E-state index contributed by atoms with van der Waals surface area (Å²) in [6.07, 6.45) is 15.1. The molecule has 0 aromatic carbocycles. The van der Waals surface area contributed by atoms with Gasteiger partial charge in [0.1, 0.15) is 0 Å². The van der Waals surface area contributed by atoms with E-state index < -0.39 is 0 Å². The van der Waals surface area contributed by atoms with Crippen molar-refractivity contribution in [2.45, 2.75) is 0 Å². The van der Waals surface area contributed by atoms with E-state index in [1.54, 1.807) is 0 Å². The van der Waals surface area contributed by atoms with Gasteiger partial charge in [-0.05, 0) is 5.57 Å². The highest BCUT2D eigenvalue weighted by Gasteiger charge is 2.04. The standard InChI is InChI=1S/C11H10O/c12-11(9-5-1-2-6-9)10-7-3-4-8-10/h1-9,12H/p-1. The quantitative estimate of drug-likeness (QED) is 0.528. The minimum absolute atomic E-state index is 0.0348. The first-order valence-corrected chi connectivity index (χ1v) is 3.99. The van der Waals surface area contributed by atoms with Crippen LogP contribution >= 0.6 is 0 Å². The van der Waals surface area contributed by atoms with Crippen molar-refractivity contribution in [1.82, 2.24) is 0 Å². The average molecular weight is 157 g/mol. The van der Waals surface area contributed by atoms with Gasteiger partial charge in [0.05, 0.1) is 0 Å². The van der Waals surface area contributed by atoms with Crippen molar-refractivity contribution < 1.29 is 5.11 Å². The first-order valence-electron chi connectivity index (χ1n) is 3.99. The van der Waals surface area contributed by atoms with Gasteiger partial charge in [0, 0.05) is 5.92 Å². The molecule has 0 saturated heterocycles. The summed E-state index contributed by atoms with van der Waals surface area (Å²) in [7, 11) is 0. The molecule has 0 N–H and O–H groups in total. The van der Waals surface area contributed by atoms with Gasteiger partial charge in [0.25, 0.3) is 0 Å². The van der Waals surface area contributed by atoms with Gasteiger partial charge in [-0.3, -0.25) is 0 Å². The Morgan fingerprint density at radius 2 is 1.58 bits per heavy atom. The summed E-state index contributed by atoms with van der Waals surface area (Å²) in [4.78, 5) is 0. The van der Waals surface area contributed by atoms with E-state index in [4.69, 9.17) is 0 Å².